The Bertz CT molecular complexity index is 665. The zero-order chi connectivity index (χ0) is 14.4. The third kappa shape index (κ3) is 3.70. The Kier molecular flexibility index (Phi) is 4.53. The number of aliphatic hydroxyl groups excluding tert-OH is 1. The second-order valence-corrected chi connectivity index (χ2v) is 4.14. The van der Waals surface area contributed by atoms with Crippen molar-refractivity contribution in [1.29, 1.82) is 0 Å². The first-order chi connectivity index (χ1) is 9.69. The number of aromatic nitrogens is 1. The van der Waals surface area contributed by atoms with E-state index in [0.29, 0.717) is 17.8 Å². The molecule has 0 fully saturated rings. The molecule has 5 heteroatoms. The molecule has 0 aliphatic carbocycles. The van der Waals surface area contributed by atoms with E-state index in [2.05, 4.69) is 22.3 Å². The number of anilines is 1. The van der Waals surface area contributed by atoms with E-state index in [0.717, 1.165) is 5.56 Å². The van der Waals surface area contributed by atoms with Crippen molar-refractivity contribution in [2.24, 2.45) is 0 Å². The quantitative estimate of drug-likeness (QED) is 0.836. The van der Waals surface area contributed by atoms with E-state index in [1.54, 1.807) is 31.2 Å². The second-order valence-electron chi connectivity index (χ2n) is 4.14. The van der Waals surface area contributed by atoms with Crippen LogP contribution in [0.5, 0.6) is 0 Å². The molecule has 0 spiro atoms. The molecular formula is C15H14N2O3. The minimum Gasteiger partial charge on any atom is -0.395 e. The predicted octanol–water partition coefficient (Wildman–Crippen LogP) is 1.97. The smallest absolute Gasteiger partial charge is 0.294 e. The maximum atomic E-state index is 11.9. The zero-order valence-electron chi connectivity index (χ0n) is 11.0. The molecule has 2 N–H and O–H groups in total. The lowest BCUT2D eigenvalue weighted by Gasteiger charge is -2.02. The van der Waals surface area contributed by atoms with Gasteiger partial charge in [-0.2, -0.15) is 0 Å². The van der Waals surface area contributed by atoms with E-state index in [1.807, 2.05) is 6.07 Å². The summed E-state index contributed by atoms with van der Waals surface area (Å²) in [4.78, 5) is 11.9. The van der Waals surface area contributed by atoms with Gasteiger partial charge >= 0.3 is 0 Å². The Labute approximate surface area is 116 Å². The van der Waals surface area contributed by atoms with Crippen LogP contribution in [-0.2, 0) is 0 Å². The predicted molar refractivity (Wildman–Crippen MR) is 74.2 cm³/mol. The molecule has 1 aromatic heterocycles. The molecule has 1 heterocycles. The number of carbonyl (C=O) groups excluding carboxylic acids is 1. The molecule has 102 valence electrons. The van der Waals surface area contributed by atoms with Crippen LogP contribution in [0, 0.1) is 18.8 Å². The highest BCUT2D eigenvalue weighted by molar-refractivity contribution is 6.02. The Morgan fingerprint density at radius 1 is 1.45 bits per heavy atom. The van der Waals surface area contributed by atoms with Crippen LogP contribution < -0.4 is 5.32 Å². The number of hydrogen-bond acceptors (Lipinski definition) is 4. The largest absolute Gasteiger partial charge is 0.395 e. The first-order valence-electron chi connectivity index (χ1n) is 6.13. The first kappa shape index (κ1) is 13.8. The summed E-state index contributed by atoms with van der Waals surface area (Å²) in [6, 6.07) is 8.72. The van der Waals surface area contributed by atoms with Crippen LogP contribution in [0.25, 0.3) is 0 Å². The summed E-state index contributed by atoms with van der Waals surface area (Å²) in [6.45, 7) is 1.78. The van der Waals surface area contributed by atoms with Gasteiger partial charge < -0.3 is 14.9 Å². The van der Waals surface area contributed by atoms with Gasteiger partial charge in [0.25, 0.3) is 5.91 Å². The molecule has 0 radical (unpaired) electrons. The Morgan fingerprint density at radius 2 is 2.30 bits per heavy atom. The number of carbonyl (C=O) groups is 1. The van der Waals surface area contributed by atoms with E-state index in [9.17, 15) is 4.79 Å². The van der Waals surface area contributed by atoms with Crippen LogP contribution in [0.2, 0.25) is 0 Å². The van der Waals surface area contributed by atoms with E-state index < -0.39 is 0 Å². The van der Waals surface area contributed by atoms with Crippen molar-refractivity contribution in [3.8, 4) is 11.8 Å². The third-order valence-electron chi connectivity index (χ3n) is 2.44. The summed E-state index contributed by atoms with van der Waals surface area (Å²) in [5, 5.41) is 15.0. The Balaban J connectivity index is 2.08. The topological polar surface area (TPSA) is 75.4 Å². The molecule has 0 atom stereocenters. The maximum absolute atomic E-state index is 11.9. The van der Waals surface area contributed by atoms with Gasteiger partial charge in [0.05, 0.1) is 12.3 Å². The lowest BCUT2D eigenvalue weighted by atomic mass is 10.2. The van der Waals surface area contributed by atoms with Crippen molar-refractivity contribution in [2.45, 2.75) is 13.3 Å². The number of aliphatic hydroxyl groups is 1. The van der Waals surface area contributed by atoms with Gasteiger partial charge in [-0.05, 0) is 25.1 Å². The number of rotatable bonds is 3. The summed E-state index contributed by atoms with van der Waals surface area (Å²) in [6.07, 6.45) is 0.425. The average Bonchev–Trinajstić information content (AvgIpc) is 2.86. The van der Waals surface area contributed by atoms with Crippen LogP contribution in [0.1, 0.15) is 28.2 Å². The maximum Gasteiger partial charge on any atom is 0.294 e. The van der Waals surface area contributed by atoms with Crippen molar-refractivity contribution in [3.05, 3.63) is 47.3 Å². The van der Waals surface area contributed by atoms with Crippen molar-refractivity contribution in [3.63, 3.8) is 0 Å². The van der Waals surface area contributed by atoms with E-state index >= 15 is 0 Å². The lowest BCUT2D eigenvalue weighted by Crippen LogP contribution is -2.10. The number of nitrogens with zero attached hydrogens (tertiary/aromatic N) is 1. The SMILES string of the molecule is Cc1cc(C(=O)Nc2cccc(C#CCCO)c2)on1. The van der Waals surface area contributed by atoms with Gasteiger partial charge in [-0.15, -0.1) is 0 Å². The average molecular weight is 270 g/mol. The van der Waals surface area contributed by atoms with Gasteiger partial charge in [-0.3, -0.25) is 4.79 Å². The summed E-state index contributed by atoms with van der Waals surface area (Å²) in [7, 11) is 0. The van der Waals surface area contributed by atoms with Crippen LogP contribution >= 0.6 is 0 Å². The van der Waals surface area contributed by atoms with Crippen molar-refractivity contribution >= 4 is 11.6 Å². The molecule has 20 heavy (non-hydrogen) atoms. The third-order valence-corrected chi connectivity index (χ3v) is 2.44. The van der Waals surface area contributed by atoms with Gasteiger partial charge in [0.2, 0.25) is 5.76 Å². The molecule has 2 aromatic rings. The van der Waals surface area contributed by atoms with Gasteiger partial charge in [-0.1, -0.05) is 23.1 Å². The zero-order valence-corrected chi connectivity index (χ0v) is 11.0. The van der Waals surface area contributed by atoms with Crippen molar-refractivity contribution < 1.29 is 14.4 Å². The number of amides is 1. The number of aryl methyl sites for hydroxylation is 1. The summed E-state index contributed by atoms with van der Waals surface area (Å²) in [5.74, 6) is 5.54. The van der Waals surface area contributed by atoms with Crippen molar-refractivity contribution in [1.82, 2.24) is 5.16 Å². The monoisotopic (exact) mass is 270 g/mol. The summed E-state index contributed by atoms with van der Waals surface area (Å²) < 4.78 is 4.89. The molecule has 0 bridgehead atoms. The summed E-state index contributed by atoms with van der Waals surface area (Å²) >= 11 is 0. The van der Waals surface area contributed by atoms with Crippen LogP contribution in [0.4, 0.5) is 5.69 Å². The van der Waals surface area contributed by atoms with Gasteiger partial charge in [-0.25, -0.2) is 0 Å². The fraction of sp³-hybridized carbons (Fsp3) is 0.200. The Hall–Kier alpha value is -2.58. The number of hydrogen-bond donors (Lipinski definition) is 2. The minimum absolute atomic E-state index is 0.0360. The Morgan fingerprint density at radius 3 is 3.00 bits per heavy atom. The first-order valence-corrected chi connectivity index (χ1v) is 6.13. The molecule has 1 amide bonds. The van der Waals surface area contributed by atoms with Gasteiger partial charge in [0, 0.05) is 23.7 Å². The van der Waals surface area contributed by atoms with Crippen LogP contribution in [0.3, 0.4) is 0 Å². The molecule has 2 rings (SSSR count). The molecule has 0 saturated heterocycles. The fourth-order valence-corrected chi connectivity index (χ4v) is 1.56. The van der Waals surface area contributed by atoms with Gasteiger partial charge in [0.1, 0.15) is 0 Å². The van der Waals surface area contributed by atoms with Crippen LogP contribution in [-0.4, -0.2) is 22.8 Å². The standard InChI is InChI=1S/C15H14N2O3/c1-11-9-14(20-17-11)15(19)16-13-7-4-6-12(10-13)5-2-3-8-18/h4,6-7,9-10,18H,3,8H2,1H3,(H,16,19). The number of nitrogens with one attached hydrogen (secondary N) is 1. The second kappa shape index (κ2) is 6.55. The molecule has 5 nitrogen and oxygen atoms in total. The van der Waals surface area contributed by atoms with Crippen LogP contribution in [0.15, 0.2) is 34.9 Å². The molecule has 0 unspecified atom stereocenters. The van der Waals surface area contributed by atoms with E-state index in [-0.39, 0.29) is 18.3 Å². The lowest BCUT2D eigenvalue weighted by molar-refractivity contribution is 0.0988. The molecule has 0 aliphatic heterocycles. The highest BCUT2D eigenvalue weighted by Gasteiger charge is 2.11. The van der Waals surface area contributed by atoms with E-state index in [4.69, 9.17) is 9.63 Å². The van der Waals surface area contributed by atoms with E-state index in [1.165, 1.54) is 0 Å². The molecule has 0 aliphatic rings. The highest BCUT2D eigenvalue weighted by Crippen LogP contribution is 2.12. The highest BCUT2D eigenvalue weighted by atomic mass is 16.5. The van der Waals surface area contributed by atoms with Gasteiger partial charge in [0.15, 0.2) is 0 Å². The van der Waals surface area contributed by atoms with Crippen molar-refractivity contribution in [2.75, 3.05) is 11.9 Å². The normalized spacial score (nSPS) is 9.70. The summed E-state index contributed by atoms with van der Waals surface area (Å²) in [5.41, 5.74) is 2.05. The molecular weight excluding hydrogens is 256 g/mol. The number of benzene rings is 1. The molecule has 1 aromatic carbocycles. The molecule has 0 saturated carbocycles. The minimum atomic E-state index is -0.355. The fourth-order valence-electron chi connectivity index (χ4n) is 1.56.